The third-order valence-corrected chi connectivity index (χ3v) is 5.35. The van der Waals surface area contributed by atoms with E-state index >= 15 is 0 Å². The Morgan fingerprint density at radius 3 is 2.48 bits per heavy atom. The lowest BCUT2D eigenvalue weighted by Crippen LogP contribution is -2.42. The summed E-state index contributed by atoms with van der Waals surface area (Å²) in [5, 5.41) is 14.2. The highest BCUT2D eigenvalue weighted by Gasteiger charge is 2.37. The number of rotatable bonds is 2. The molecule has 1 aliphatic heterocycles. The number of hydrogen-bond donors (Lipinski definition) is 4. The average molecular weight is 359 g/mol. The first-order valence-electron chi connectivity index (χ1n) is 8.82. The molecule has 0 saturated carbocycles. The minimum atomic E-state index is -1.03. The molecule has 6 heteroatoms. The fraction of sp³-hybridized carbons (Fsp3) is 0.143. The van der Waals surface area contributed by atoms with Gasteiger partial charge in [-0.25, -0.2) is 4.79 Å². The molecule has 0 bridgehead atoms. The Hall–Kier alpha value is -3.54. The maximum absolute atomic E-state index is 13.1. The second-order valence-corrected chi connectivity index (χ2v) is 6.89. The van der Waals surface area contributed by atoms with Gasteiger partial charge in [0, 0.05) is 40.1 Å². The predicted molar refractivity (Wildman–Crippen MR) is 102 cm³/mol. The number of carbonyl (C=O) groups is 2. The van der Waals surface area contributed by atoms with E-state index in [-0.39, 0.29) is 12.3 Å². The van der Waals surface area contributed by atoms with Gasteiger partial charge >= 0.3 is 5.97 Å². The highest BCUT2D eigenvalue weighted by atomic mass is 16.4. The Balaban J connectivity index is 1.78. The van der Waals surface area contributed by atoms with E-state index in [2.05, 4.69) is 15.3 Å². The average Bonchev–Trinajstić information content (AvgIpc) is 3.20. The summed E-state index contributed by atoms with van der Waals surface area (Å²) in [6.07, 6.45) is 2.09. The van der Waals surface area contributed by atoms with Crippen molar-refractivity contribution in [3.05, 3.63) is 71.5 Å². The molecule has 27 heavy (non-hydrogen) atoms. The number of carboxylic acid groups (broad SMARTS) is 1. The van der Waals surface area contributed by atoms with Gasteiger partial charge in [0.15, 0.2) is 0 Å². The van der Waals surface area contributed by atoms with Gasteiger partial charge in [-0.2, -0.15) is 0 Å². The summed E-state index contributed by atoms with van der Waals surface area (Å²) in [6, 6.07) is 14.6. The van der Waals surface area contributed by atoms with Gasteiger partial charge in [-0.15, -0.1) is 0 Å². The summed E-state index contributed by atoms with van der Waals surface area (Å²) in [5.41, 5.74) is 4.33. The molecule has 134 valence electrons. The summed E-state index contributed by atoms with van der Waals surface area (Å²) in [5.74, 6) is -1.94. The molecule has 3 heterocycles. The van der Waals surface area contributed by atoms with Crippen molar-refractivity contribution in [2.45, 2.75) is 18.4 Å². The van der Waals surface area contributed by atoms with Crippen molar-refractivity contribution in [3.8, 4) is 0 Å². The number of carboxylic acids is 1. The maximum atomic E-state index is 13.1. The van der Waals surface area contributed by atoms with Gasteiger partial charge in [-0.3, -0.25) is 4.79 Å². The quantitative estimate of drug-likeness (QED) is 0.443. The largest absolute Gasteiger partial charge is 0.480 e. The zero-order chi connectivity index (χ0) is 18.5. The SMILES string of the molecule is O=C(O)C1Cc2c([nH]c3ccccc23)C(c2c[nH]c3ccccc23)C(=O)N1. The highest BCUT2D eigenvalue weighted by Crippen LogP contribution is 2.37. The lowest BCUT2D eigenvalue weighted by Gasteiger charge is -2.15. The van der Waals surface area contributed by atoms with Gasteiger partial charge in [-0.1, -0.05) is 36.4 Å². The number of para-hydroxylation sites is 2. The van der Waals surface area contributed by atoms with Crippen LogP contribution < -0.4 is 5.32 Å². The Morgan fingerprint density at radius 2 is 1.70 bits per heavy atom. The number of fused-ring (bicyclic) bond motifs is 4. The minimum absolute atomic E-state index is 0.249. The Morgan fingerprint density at radius 1 is 1.00 bits per heavy atom. The minimum Gasteiger partial charge on any atom is -0.480 e. The van der Waals surface area contributed by atoms with Crippen molar-refractivity contribution in [1.29, 1.82) is 0 Å². The van der Waals surface area contributed by atoms with Crippen LogP contribution in [0.15, 0.2) is 54.7 Å². The molecule has 4 aromatic rings. The normalized spacial score (nSPS) is 19.6. The molecule has 0 aliphatic carbocycles. The van der Waals surface area contributed by atoms with Crippen molar-refractivity contribution in [3.63, 3.8) is 0 Å². The molecule has 6 nitrogen and oxygen atoms in total. The number of aliphatic carboxylic acids is 1. The standard InChI is InChI=1S/C21H17N3O3/c25-20-18(14-10-22-15-7-3-1-6-12(14)15)19-13(9-17(24-20)21(26)27)11-5-2-4-8-16(11)23-19/h1-8,10,17-18,22-23H,9H2,(H,24,25)(H,26,27). The molecule has 0 fully saturated rings. The van der Waals surface area contributed by atoms with Crippen LogP contribution in [0.25, 0.3) is 21.8 Å². The number of aromatic nitrogens is 2. The van der Waals surface area contributed by atoms with Crippen molar-refractivity contribution in [1.82, 2.24) is 15.3 Å². The Bertz CT molecular complexity index is 1200. The predicted octanol–water partition coefficient (Wildman–Crippen LogP) is 2.91. The first kappa shape index (κ1) is 15.7. The van der Waals surface area contributed by atoms with Crippen LogP contribution in [0.2, 0.25) is 0 Å². The zero-order valence-electron chi connectivity index (χ0n) is 14.3. The smallest absolute Gasteiger partial charge is 0.326 e. The molecule has 2 aromatic heterocycles. The van der Waals surface area contributed by atoms with E-state index in [4.69, 9.17) is 0 Å². The lowest BCUT2D eigenvalue weighted by atomic mass is 9.91. The molecule has 0 spiro atoms. The van der Waals surface area contributed by atoms with Crippen LogP contribution in [-0.2, 0) is 16.0 Å². The second-order valence-electron chi connectivity index (χ2n) is 6.89. The number of nitrogens with one attached hydrogen (secondary N) is 3. The molecule has 2 aromatic carbocycles. The van der Waals surface area contributed by atoms with E-state index in [1.54, 1.807) is 0 Å². The van der Waals surface area contributed by atoms with Crippen LogP contribution in [0.4, 0.5) is 0 Å². The molecule has 0 radical (unpaired) electrons. The van der Waals surface area contributed by atoms with Crippen LogP contribution in [0, 0.1) is 0 Å². The highest BCUT2D eigenvalue weighted by molar-refractivity contribution is 5.99. The molecule has 4 N–H and O–H groups in total. The van der Waals surface area contributed by atoms with Gasteiger partial charge in [0.1, 0.15) is 12.0 Å². The third-order valence-electron chi connectivity index (χ3n) is 5.35. The second kappa shape index (κ2) is 5.74. The number of H-pyrrole nitrogens is 2. The number of amides is 1. The first-order chi connectivity index (χ1) is 13.1. The lowest BCUT2D eigenvalue weighted by molar-refractivity contribution is -0.141. The molecule has 2 unspecified atom stereocenters. The molecular weight excluding hydrogens is 342 g/mol. The monoisotopic (exact) mass is 359 g/mol. The fourth-order valence-corrected chi connectivity index (χ4v) is 4.11. The van der Waals surface area contributed by atoms with Crippen LogP contribution in [0.5, 0.6) is 0 Å². The maximum Gasteiger partial charge on any atom is 0.326 e. The first-order valence-corrected chi connectivity index (χ1v) is 8.82. The van der Waals surface area contributed by atoms with Gasteiger partial charge in [-0.05, 0) is 23.3 Å². The Kier molecular flexibility index (Phi) is 3.33. The molecule has 2 atom stereocenters. The van der Waals surface area contributed by atoms with Crippen LogP contribution in [-0.4, -0.2) is 33.0 Å². The zero-order valence-corrected chi connectivity index (χ0v) is 14.3. The summed E-state index contributed by atoms with van der Waals surface area (Å²) in [6.45, 7) is 0. The van der Waals surface area contributed by atoms with Gasteiger partial charge < -0.3 is 20.4 Å². The van der Waals surface area contributed by atoms with Crippen molar-refractivity contribution < 1.29 is 14.7 Å². The van der Waals surface area contributed by atoms with Crippen LogP contribution in [0.1, 0.15) is 22.7 Å². The van der Waals surface area contributed by atoms with Crippen molar-refractivity contribution in [2.24, 2.45) is 0 Å². The fourth-order valence-electron chi connectivity index (χ4n) is 4.11. The van der Waals surface area contributed by atoms with Crippen molar-refractivity contribution in [2.75, 3.05) is 0 Å². The number of benzene rings is 2. The van der Waals surface area contributed by atoms with Crippen LogP contribution in [0.3, 0.4) is 0 Å². The van der Waals surface area contributed by atoms with E-state index in [0.717, 1.165) is 38.6 Å². The van der Waals surface area contributed by atoms with E-state index in [1.807, 2.05) is 54.7 Å². The molecule has 0 saturated heterocycles. The van der Waals surface area contributed by atoms with E-state index in [9.17, 15) is 14.7 Å². The van der Waals surface area contributed by atoms with E-state index in [0.29, 0.717) is 0 Å². The van der Waals surface area contributed by atoms with Gasteiger partial charge in [0.05, 0.1) is 0 Å². The van der Waals surface area contributed by atoms with Gasteiger partial charge in [0.25, 0.3) is 0 Å². The number of carbonyl (C=O) groups excluding carboxylic acids is 1. The topological polar surface area (TPSA) is 98.0 Å². The van der Waals surface area contributed by atoms with Crippen molar-refractivity contribution >= 4 is 33.7 Å². The summed E-state index contributed by atoms with van der Waals surface area (Å²) in [4.78, 5) is 31.4. The number of hydrogen-bond acceptors (Lipinski definition) is 2. The van der Waals surface area contributed by atoms with Gasteiger partial charge in [0.2, 0.25) is 5.91 Å². The third kappa shape index (κ3) is 2.33. The molecule has 5 rings (SSSR count). The van der Waals surface area contributed by atoms with E-state index < -0.39 is 17.9 Å². The summed E-state index contributed by atoms with van der Waals surface area (Å²) >= 11 is 0. The van der Waals surface area contributed by atoms with Crippen LogP contribution >= 0.6 is 0 Å². The number of aromatic amines is 2. The molecular formula is C21H17N3O3. The summed E-state index contributed by atoms with van der Waals surface area (Å²) < 4.78 is 0. The molecule has 1 amide bonds. The Labute approximate surface area is 154 Å². The molecule has 1 aliphatic rings. The van der Waals surface area contributed by atoms with E-state index in [1.165, 1.54) is 0 Å². The summed E-state index contributed by atoms with van der Waals surface area (Å²) in [7, 11) is 0.